The van der Waals surface area contributed by atoms with E-state index in [1.807, 2.05) is 32.3 Å². The second-order valence-corrected chi connectivity index (χ2v) is 9.43. The number of carbonyl (C=O) groups excluding carboxylic acids is 1. The molecule has 1 aromatic carbocycles. The van der Waals surface area contributed by atoms with Gasteiger partial charge in [0.15, 0.2) is 0 Å². The number of amides is 1. The molecule has 3 N–H and O–H groups in total. The van der Waals surface area contributed by atoms with Crippen molar-refractivity contribution in [2.75, 3.05) is 27.2 Å². The molecule has 0 saturated heterocycles. The number of aromatic hydroxyl groups is 1. The number of hydrogen-bond acceptors (Lipinski definition) is 4. The summed E-state index contributed by atoms with van der Waals surface area (Å²) in [5, 5.41) is 26.2. The number of carbonyl (C=O) groups is 1. The maximum Gasteiger partial charge on any atom is 0.243 e. The highest BCUT2D eigenvalue weighted by Gasteiger charge is 2.50. The molecule has 1 amide bonds. The minimum atomic E-state index is -1.06. The van der Waals surface area contributed by atoms with Crippen molar-refractivity contribution in [3.05, 3.63) is 41.5 Å². The van der Waals surface area contributed by atoms with Gasteiger partial charge < -0.3 is 20.4 Å². The van der Waals surface area contributed by atoms with Gasteiger partial charge in [0.2, 0.25) is 5.91 Å². The van der Waals surface area contributed by atoms with Crippen LogP contribution in [0.1, 0.15) is 49.7 Å². The molecule has 5 nitrogen and oxygen atoms in total. The summed E-state index contributed by atoms with van der Waals surface area (Å²) in [4.78, 5) is 14.3. The Kier molecular flexibility index (Phi) is 7.69. The van der Waals surface area contributed by atoms with Crippen molar-refractivity contribution in [1.29, 1.82) is 0 Å². The normalized spacial score (nSPS) is 27.3. The summed E-state index contributed by atoms with van der Waals surface area (Å²) in [7, 11) is 4.03. The fourth-order valence-electron chi connectivity index (χ4n) is 5.30. The van der Waals surface area contributed by atoms with E-state index in [-0.39, 0.29) is 23.0 Å². The third-order valence-electron chi connectivity index (χ3n) is 6.85. The van der Waals surface area contributed by atoms with Crippen LogP contribution in [0, 0.1) is 17.2 Å². The molecule has 0 unspecified atom stereocenters. The molecule has 6 heteroatoms. The predicted molar refractivity (Wildman–Crippen MR) is 124 cm³/mol. The molecule has 0 radical (unpaired) electrons. The fraction of sp³-hybridized carbons (Fsp3) is 0.560. The van der Waals surface area contributed by atoms with E-state index in [4.69, 9.17) is 11.6 Å². The Labute approximate surface area is 190 Å². The SMILES string of the molecule is CN(C)CCCNC(=O)C=CC[C@]12CC[C@@](O)(C#CCl)C[C@@H]1CCc1cc(O)ccc12. The molecule has 2 aliphatic carbocycles. The Morgan fingerprint density at radius 2 is 2.19 bits per heavy atom. The number of nitrogens with zero attached hydrogens (tertiary/aromatic N) is 1. The Balaban J connectivity index is 1.77. The molecule has 0 heterocycles. The third kappa shape index (κ3) is 5.63. The quantitative estimate of drug-likeness (QED) is 0.342. The molecule has 3 atom stereocenters. The molecule has 1 saturated carbocycles. The molecule has 2 aliphatic rings. The summed E-state index contributed by atoms with van der Waals surface area (Å²) in [6, 6.07) is 5.61. The highest BCUT2D eigenvalue weighted by molar-refractivity contribution is 6.30. The van der Waals surface area contributed by atoms with Crippen LogP contribution in [0.15, 0.2) is 30.4 Å². The largest absolute Gasteiger partial charge is 0.508 e. The number of halogens is 1. The molecule has 168 valence electrons. The Morgan fingerprint density at radius 1 is 1.39 bits per heavy atom. The molecule has 1 fully saturated rings. The summed E-state index contributed by atoms with van der Waals surface area (Å²) in [6.45, 7) is 1.59. The number of hydrogen-bond donors (Lipinski definition) is 3. The van der Waals surface area contributed by atoms with E-state index >= 15 is 0 Å². The van der Waals surface area contributed by atoms with Gasteiger partial charge in [-0.2, -0.15) is 0 Å². The van der Waals surface area contributed by atoms with Gasteiger partial charge in [-0.05, 0) is 112 Å². The van der Waals surface area contributed by atoms with Gasteiger partial charge in [-0.1, -0.05) is 18.1 Å². The fourth-order valence-corrected chi connectivity index (χ4v) is 5.47. The summed E-state index contributed by atoms with van der Waals surface area (Å²) in [5.74, 6) is 3.23. The van der Waals surface area contributed by atoms with E-state index in [2.05, 4.69) is 21.5 Å². The zero-order valence-corrected chi connectivity index (χ0v) is 19.2. The Bertz CT molecular complexity index is 888. The smallest absolute Gasteiger partial charge is 0.243 e. The Hall–Kier alpha value is -2.00. The van der Waals surface area contributed by atoms with E-state index in [0.717, 1.165) is 37.8 Å². The van der Waals surface area contributed by atoms with Gasteiger partial charge in [-0.3, -0.25) is 4.79 Å². The highest BCUT2D eigenvalue weighted by atomic mass is 35.5. The first kappa shape index (κ1) is 23.7. The Morgan fingerprint density at radius 3 is 2.94 bits per heavy atom. The first-order valence-electron chi connectivity index (χ1n) is 11.0. The number of aliphatic hydroxyl groups is 1. The minimum absolute atomic E-state index is 0.0752. The number of phenolic OH excluding ortho intramolecular Hbond substituents is 1. The van der Waals surface area contributed by atoms with Gasteiger partial charge >= 0.3 is 0 Å². The number of rotatable bonds is 7. The van der Waals surface area contributed by atoms with Crippen LogP contribution >= 0.6 is 11.6 Å². The van der Waals surface area contributed by atoms with Crippen LogP contribution in [-0.2, 0) is 16.6 Å². The summed E-state index contributed by atoms with van der Waals surface area (Å²) in [6.07, 6.45) is 8.85. The van der Waals surface area contributed by atoms with Crippen molar-refractivity contribution in [2.24, 2.45) is 5.92 Å². The predicted octanol–water partition coefficient (Wildman–Crippen LogP) is 3.32. The van der Waals surface area contributed by atoms with Gasteiger partial charge in [0.1, 0.15) is 11.4 Å². The van der Waals surface area contributed by atoms with Crippen LogP contribution in [-0.4, -0.2) is 53.8 Å². The van der Waals surface area contributed by atoms with Crippen molar-refractivity contribution in [3.8, 4) is 17.0 Å². The first-order valence-corrected chi connectivity index (χ1v) is 11.4. The molecule has 31 heavy (non-hydrogen) atoms. The lowest BCUT2D eigenvalue weighted by molar-refractivity contribution is -0.116. The molecule has 0 spiro atoms. The van der Waals surface area contributed by atoms with Crippen molar-refractivity contribution in [2.45, 2.75) is 56.0 Å². The number of nitrogens with one attached hydrogen (secondary N) is 1. The summed E-state index contributed by atoms with van der Waals surface area (Å²) < 4.78 is 0. The topological polar surface area (TPSA) is 72.8 Å². The van der Waals surface area contributed by atoms with Crippen molar-refractivity contribution < 1.29 is 15.0 Å². The van der Waals surface area contributed by atoms with E-state index in [0.29, 0.717) is 25.8 Å². The van der Waals surface area contributed by atoms with E-state index < -0.39 is 5.60 Å². The van der Waals surface area contributed by atoms with Crippen LogP contribution in [0.4, 0.5) is 0 Å². The maximum absolute atomic E-state index is 12.2. The van der Waals surface area contributed by atoms with Gasteiger partial charge in [-0.25, -0.2) is 0 Å². The standard InChI is InChI=1S/C25H33ClN2O3/c1-28(2)16-4-15-27-23(30)5-3-10-25-12-11-24(31,13-14-26)18-20(25)7-6-19-17-21(29)8-9-22(19)25/h3,5,8-9,17,20,29,31H,4,6-7,10-12,15-16,18H2,1-2H3,(H,27,30)/t20-,24+,25-/m0/s1. The number of aryl methyl sites for hydroxylation is 1. The summed E-state index contributed by atoms with van der Waals surface area (Å²) in [5.41, 5.74) is 1.14. The molecule has 0 bridgehead atoms. The molecule has 3 rings (SSSR count). The summed E-state index contributed by atoms with van der Waals surface area (Å²) >= 11 is 5.61. The monoisotopic (exact) mass is 444 g/mol. The average Bonchev–Trinajstić information content (AvgIpc) is 2.71. The van der Waals surface area contributed by atoms with Gasteiger partial charge in [0.05, 0.1) is 0 Å². The second kappa shape index (κ2) is 10.1. The van der Waals surface area contributed by atoms with Crippen LogP contribution in [0.25, 0.3) is 0 Å². The second-order valence-electron chi connectivity index (χ2n) is 9.24. The van der Waals surface area contributed by atoms with Crippen molar-refractivity contribution in [3.63, 3.8) is 0 Å². The third-order valence-corrected chi connectivity index (χ3v) is 6.94. The van der Waals surface area contributed by atoms with E-state index in [9.17, 15) is 15.0 Å². The van der Waals surface area contributed by atoms with Crippen LogP contribution in [0.3, 0.4) is 0 Å². The number of allylic oxidation sites excluding steroid dienone is 1. The number of benzene rings is 1. The zero-order chi connectivity index (χ0) is 22.5. The van der Waals surface area contributed by atoms with Crippen LogP contribution < -0.4 is 5.32 Å². The maximum atomic E-state index is 12.2. The van der Waals surface area contributed by atoms with Crippen molar-refractivity contribution >= 4 is 17.5 Å². The molecule has 0 aliphatic heterocycles. The highest BCUT2D eigenvalue weighted by Crippen LogP contribution is 2.54. The molecule has 0 aromatic heterocycles. The van der Waals surface area contributed by atoms with Gasteiger partial charge in [-0.15, -0.1) is 0 Å². The minimum Gasteiger partial charge on any atom is -0.508 e. The number of fused-ring (bicyclic) bond motifs is 3. The van der Waals surface area contributed by atoms with Gasteiger partial charge in [0, 0.05) is 17.3 Å². The lowest BCUT2D eigenvalue weighted by atomic mass is 9.53. The van der Waals surface area contributed by atoms with Crippen molar-refractivity contribution in [1.82, 2.24) is 10.2 Å². The van der Waals surface area contributed by atoms with Gasteiger partial charge in [0.25, 0.3) is 0 Å². The van der Waals surface area contributed by atoms with Crippen LogP contribution in [0.2, 0.25) is 0 Å². The van der Waals surface area contributed by atoms with Crippen LogP contribution in [0.5, 0.6) is 5.75 Å². The van der Waals surface area contributed by atoms with E-state index in [1.54, 1.807) is 12.1 Å². The average molecular weight is 445 g/mol. The number of phenols is 1. The lowest BCUT2D eigenvalue weighted by Crippen LogP contribution is -2.49. The lowest BCUT2D eigenvalue weighted by Gasteiger charge is -2.52. The zero-order valence-electron chi connectivity index (χ0n) is 18.5. The molecule has 1 aromatic rings. The van der Waals surface area contributed by atoms with E-state index in [1.165, 1.54) is 5.56 Å². The molecular formula is C25H33ClN2O3. The first-order chi connectivity index (χ1) is 14.8. The molecular weight excluding hydrogens is 412 g/mol.